The van der Waals surface area contributed by atoms with Crippen LogP contribution >= 0.6 is 12.2 Å². The van der Waals surface area contributed by atoms with Gasteiger partial charge in [-0.15, -0.1) is 0 Å². The smallest absolute Gasteiger partial charge is 0.106 e. The summed E-state index contributed by atoms with van der Waals surface area (Å²) in [7, 11) is 0. The first kappa shape index (κ1) is 11.0. The van der Waals surface area contributed by atoms with Gasteiger partial charge < -0.3 is 15.4 Å². The monoisotopic (exact) mass is 248 g/mol. The molecule has 0 amide bonds. The Morgan fingerprint density at radius 3 is 2.53 bits per heavy atom. The second-order valence-electron chi connectivity index (χ2n) is 4.74. The Bertz CT molecular complexity index is 437. The van der Waals surface area contributed by atoms with Crippen LogP contribution in [0.4, 0.5) is 5.69 Å². The maximum absolute atomic E-state index is 5.84. The Labute approximate surface area is 107 Å². The van der Waals surface area contributed by atoms with Crippen LogP contribution in [0.25, 0.3) is 0 Å². The Morgan fingerprint density at radius 2 is 1.88 bits per heavy atom. The number of nitrogens with zero attached hydrogens (tertiary/aromatic N) is 1. The van der Waals surface area contributed by atoms with Gasteiger partial charge in [-0.3, -0.25) is 0 Å². The molecular weight excluding hydrogens is 232 g/mol. The highest BCUT2D eigenvalue weighted by Crippen LogP contribution is 2.31. The Hall–Kier alpha value is -1.13. The van der Waals surface area contributed by atoms with Crippen molar-refractivity contribution in [1.82, 2.24) is 0 Å². The van der Waals surface area contributed by atoms with Crippen molar-refractivity contribution in [3.05, 3.63) is 29.8 Å². The molecule has 0 aliphatic carbocycles. The van der Waals surface area contributed by atoms with Crippen LogP contribution in [0.3, 0.4) is 0 Å². The minimum atomic E-state index is 0.383. The van der Waals surface area contributed by atoms with E-state index in [9.17, 15) is 0 Å². The highest BCUT2D eigenvalue weighted by atomic mass is 32.1. The lowest BCUT2D eigenvalue weighted by atomic mass is 10.1. The van der Waals surface area contributed by atoms with Crippen molar-refractivity contribution in [2.75, 3.05) is 18.0 Å². The standard InChI is InChI=1S/C13H16N2OS/c14-13(17)11-3-1-2-4-12(11)15-7-9-5-6-10(8-15)16-9/h1-4,9-10H,5-8H2,(H2,14,17). The summed E-state index contributed by atoms with van der Waals surface area (Å²) in [5.74, 6) is 0. The number of morpholine rings is 1. The summed E-state index contributed by atoms with van der Waals surface area (Å²) >= 11 is 5.11. The highest BCUT2D eigenvalue weighted by Gasteiger charge is 2.34. The first-order valence-electron chi connectivity index (χ1n) is 6.03. The van der Waals surface area contributed by atoms with Gasteiger partial charge in [0.2, 0.25) is 0 Å². The highest BCUT2D eigenvalue weighted by molar-refractivity contribution is 7.80. The molecule has 2 aliphatic rings. The van der Waals surface area contributed by atoms with Crippen molar-refractivity contribution in [3.63, 3.8) is 0 Å². The maximum atomic E-state index is 5.84. The van der Waals surface area contributed by atoms with E-state index in [1.54, 1.807) is 0 Å². The quantitative estimate of drug-likeness (QED) is 0.808. The van der Waals surface area contributed by atoms with Gasteiger partial charge in [0.1, 0.15) is 4.99 Å². The average molecular weight is 248 g/mol. The van der Waals surface area contributed by atoms with Crippen molar-refractivity contribution in [2.24, 2.45) is 5.73 Å². The minimum absolute atomic E-state index is 0.383. The number of rotatable bonds is 2. The molecule has 0 saturated carbocycles. The van der Waals surface area contributed by atoms with Crippen molar-refractivity contribution in [3.8, 4) is 0 Å². The molecule has 0 aromatic heterocycles. The predicted octanol–water partition coefficient (Wildman–Crippen LogP) is 1.69. The van der Waals surface area contributed by atoms with E-state index in [0.717, 1.165) is 24.3 Å². The first-order valence-corrected chi connectivity index (χ1v) is 6.44. The molecule has 2 heterocycles. The zero-order chi connectivity index (χ0) is 11.8. The zero-order valence-electron chi connectivity index (χ0n) is 9.63. The minimum Gasteiger partial charge on any atom is -0.389 e. The summed E-state index contributed by atoms with van der Waals surface area (Å²) in [6, 6.07) is 8.11. The van der Waals surface area contributed by atoms with Gasteiger partial charge >= 0.3 is 0 Å². The number of para-hydroxylation sites is 1. The van der Waals surface area contributed by atoms with Gasteiger partial charge in [-0.25, -0.2) is 0 Å². The molecular formula is C13H16N2OS. The number of thiocarbonyl (C=S) groups is 1. The van der Waals surface area contributed by atoms with E-state index in [-0.39, 0.29) is 0 Å². The lowest BCUT2D eigenvalue weighted by Gasteiger charge is -2.34. The van der Waals surface area contributed by atoms with Crippen LogP contribution in [-0.2, 0) is 4.74 Å². The lowest BCUT2D eigenvalue weighted by Crippen LogP contribution is -2.43. The molecule has 2 unspecified atom stereocenters. The van der Waals surface area contributed by atoms with Crippen LogP contribution in [0.2, 0.25) is 0 Å². The van der Waals surface area contributed by atoms with E-state index >= 15 is 0 Å². The number of benzene rings is 1. The molecule has 2 bridgehead atoms. The molecule has 3 rings (SSSR count). The van der Waals surface area contributed by atoms with E-state index in [4.69, 9.17) is 22.7 Å². The van der Waals surface area contributed by atoms with Gasteiger partial charge in [0, 0.05) is 24.3 Å². The fraction of sp³-hybridized carbons (Fsp3) is 0.462. The molecule has 0 spiro atoms. The number of anilines is 1. The molecule has 0 radical (unpaired) electrons. The van der Waals surface area contributed by atoms with Gasteiger partial charge in [-0.2, -0.15) is 0 Å². The SMILES string of the molecule is NC(=S)c1ccccc1N1CC2CCC(C1)O2. The number of ether oxygens (including phenoxy) is 1. The second kappa shape index (κ2) is 4.27. The van der Waals surface area contributed by atoms with E-state index in [1.165, 1.54) is 12.8 Å². The van der Waals surface area contributed by atoms with Crippen molar-refractivity contribution < 1.29 is 4.74 Å². The maximum Gasteiger partial charge on any atom is 0.106 e. The fourth-order valence-electron chi connectivity index (χ4n) is 2.77. The lowest BCUT2D eigenvalue weighted by molar-refractivity contribution is 0.0305. The molecule has 17 heavy (non-hydrogen) atoms. The molecule has 4 heteroatoms. The normalized spacial score (nSPS) is 27.2. The van der Waals surface area contributed by atoms with Crippen molar-refractivity contribution in [1.29, 1.82) is 0 Å². The first-order chi connectivity index (χ1) is 8.24. The third-order valence-electron chi connectivity index (χ3n) is 3.55. The third kappa shape index (κ3) is 2.03. The van der Waals surface area contributed by atoms with Crippen LogP contribution in [0.5, 0.6) is 0 Å². The second-order valence-corrected chi connectivity index (χ2v) is 5.18. The van der Waals surface area contributed by atoms with Gasteiger partial charge in [-0.05, 0) is 25.0 Å². The summed E-state index contributed by atoms with van der Waals surface area (Å²) in [5.41, 5.74) is 7.91. The topological polar surface area (TPSA) is 38.5 Å². The van der Waals surface area contributed by atoms with E-state index in [1.807, 2.05) is 18.2 Å². The summed E-state index contributed by atoms with van der Waals surface area (Å²) < 4.78 is 5.84. The molecule has 1 aromatic carbocycles. The third-order valence-corrected chi connectivity index (χ3v) is 3.77. The molecule has 2 fully saturated rings. The predicted molar refractivity (Wildman–Crippen MR) is 72.4 cm³/mol. The van der Waals surface area contributed by atoms with E-state index in [2.05, 4.69) is 11.0 Å². The van der Waals surface area contributed by atoms with Crippen molar-refractivity contribution >= 4 is 22.9 Å². The summed E-state index contributed by atoms with van der Waals surface area (Å²) in [6.45, 7) is 1.91. The van der Waals surface area contributed by atoms with Gasteiger partial charge in [0.05, 0.1) is 12.2 Å². The van der Waals surface area contributed by atoms with Crippen molar-refractivity contribution in [2.45, 2.75) is 25.0 Å². The van der Waals surface area contributed by atoms with Crippen LogP contribution < -0.4 is 10.6 Å². The van der Waals surface area contributed by atoms with Gasteiger partial charge in [0.15, 0.2) is 0 Å². The van der Waals surface area contributed by atoms with Crippen LogP contribution in [-0.4, -0.2) is 30.3 Å². The number of hydrogen-bond donors (Lipinski definition) is 1. The molecule has 1 aromatic rings. The van der Waals surface area contributed by atoms with Crippen LogP contribution in [0.15, 0.2) is 24.3 Å². The summed E-state index contributed by atoms with van der Waals surface area (Å²) in [4.78, 5) is 2.83. The van der Waals surface area contributed by atoms with Gasteiger partial charge in [0.25, 0.3) is 0 Å². The summed E-state index contributed by atoms with van der Waals surface area (Å²) in [5, 5.41) is 0. The number of nitrogens with two attached hydrogens (primary N) is 1. The average Bonchev–Trinajstić information content (AvgIpc) is 2.68. The van der Waals surface area contributed by atoms with Crippen LogP contribution in [0, 0.1) is 0 Å². The van der Waals surface area contributed by atoms with Gasteiger partial charge in [-0.1, -0.05) is 24.4 Å². The summed E-state index contributed by atoms with van der Waals surface area (Å²) in [6.07, 6.45) is 3.12. The van der Waals surface area contributed by atoms with E-state index in [0.29, 0.717) is 17.2 Å². The van der Waals surface area contributed by atoms with E-state index < -0.39 is 0 Å². The molecule has 2 aliphatic heterocycles. The Balaban J connectivity index is 1.91. The molecule has 90 valence electrons. The molecule has 2 atom stereocenters. The largest absolute Gasteiger partial charge is 0.389 e. The Morgan fingerprint density at radius 1 is 1.24 bits per heavy atom. The zero-order valence-corrected chi connectivity index (χ0v) is 10.5. The Kier molecular flexibility index (Phi) is 2.76. The molecule has 2 N–H and O–H groups in total. The number of hydrogen-bond acceptors (Lipinski definition) is 3. The van der Waals surface area contributed by atoms with Crippen LogP contribution in [0.1, 0.15) is 18.4 Å². The number of fused-ring (bicyclic) bond motifs is 2. The molecule has 2 saturated heterocycles. The molecule has 3 nitrogen and oxygen atoms in total. The fourth-order valence-corrected chi connectivity index (χ4v) is 2.94.